The summed E-state index contributed by atoms with van der Waals surface area (Å²) in [6.45, 7) is 3.15. The van der Waals surface area contributed by atoms with Gasteiger partial charge in [0.2, 0.25) is 11.8 Å². The summed E-state index contributed by atoms with van der Waals surface area (Å²) in [6, 6.07) is 1.04. The van der Waals surface area contributed by atoms with E-state index in [1.165, 1.54) is 13.0 Å². The molecule has 1 aromatic rings. The fourth-order valence-corrected chi connectivity index (χ4v) is 2.22. The summed E-state index contributed by atoms with van der Waals surface area (Å²) in [5.41, 5.74) is -0.651. The number of barbiturate groups is 1. The first-order valence-corrected chi connectivity index (χ1v) is 6.51. The van der Waals surface area contributed by atoms with Crippen LogP contribution in [0.1, 0.15) is 25.3 Å². The quantitative estimate of drug-likeness (QED) is 0.870. The number of aryl methyl sites for hydroxylation is 1. The summed E-state index contributed by atoms with van der Waals surface area (Å²) in [5.74, 6) is -4.80. The van der Waals surface area contributed by atoms with Crippen molar-refractivity contribution >= 4 is 23.5 Å². The second-order valence-corrected chi connectivity index (χ2v) is 4.84. The Hall–Kier alpha value is -2.31. The van der Waals surface area contributed by atoms with Crippen molar-refractivity contribution in [3.63, 3.8) is 0 Å². The number of rotatable bonds is 3. The lowest BCUT2D eigenvalue weighted by Gasteiger charge is -2.30. The van der Waals surface area contributed by atoms with Crippen LogP contribution < -0.4 is 10.2 Å². The highest BCUT2D eigenvalue weighted by atomic mass is 19.1. The van der Waals surface area contributed by atoms with Crippen molar-refractivity contribution < 1.29 is 23.2 Å². The first-order valence-electron chi connectivity index (χ1n) is 6.51. The van der Waals surface area contributed by atoms with Crippen LogP contribution in [-0.4, -0.2) is 17.8 Å². The van der Waals surface area contributed by atoms with Gasteiger partial charge in [-0.1, -0.05) is 19.4 Å². The average Bonchev–Trinajstić information content (AvgIpc) is 2.42. The Morgan fingerprint density at radius 3 is 2.52 bits per heavy atom. The molecule has 4 amide bonds. The maximum Gasteiger partial charge on any atom is 0.335 e. The van der Waals surface area contributed by atoms with Crippen LogP contribution >= 0.6 is 0 Å². The van der Waals surface area contributed by atoms with Gasteiger partial charge >= 0.3 is 6.03 Å². The molecule has 2 rings (SSSR count). The van der Waals surface area contributed by atoms with Crippen molar-refractivity contribution in [2.45, 2.75) is 26.7 Å². The summed E-state index contributed by atoms with van der Waals surface area (Å²) in [7, 11) is 0. The van der Waals surface area contributed by atoms with Crippen LogP contribution in [0.25, 0.3) is 0 Å². The van der Waals surface area contributed by atoms with Gasteiger partial charge in [0.1, 0.15) is 11.6 Å². The van der Waals surface area contributed by atoms with Gasteiger partial charge in [0, 0.05) is 0 Å². The van der Waals surface area contributed by atoms with E-state index in [9.17, 15) is 23.2 Å². The third-order valence-electron chi connectivity index (χ3n) is 3.33. The standard InChI is InChI=1S/C14H14F2N2O3/c1-3-4-8-12(19)17-14(21)18(13(8)20)11-9(15)6-5-7(2)10(11)16/h5-6,8H,3-4H2,1-2H3,(H,17,19,21). The molecule has 7 heteroatoms. The Kier molecular flexibility index (Phi) is 4.02. The second-order valence-electron chi connectivity index (χ2n) is 4.84. The molecule has 1 aliphatic heterocycles. The zero-order valence-electron chi connectivity index (χ0n) is 11.6. The lowest BCUT2D eigenvalue weighted by atomic mass is 9.98. The Balaban J connectivity index is 2.52. The monoisotopic (exact) mass is 296 g/mol. The Bertz CT molecular complexity index is 631. The van der Waals surface area contributed by atoms with Crippen LogP contribution in [0, 0.1) is 24.5 Å². The van der Waals surface area contributed by atoms with Crippen molar-refractivity contribution in [2.24, 2.45) is 5.92 Å². The van der Waals surface area contributed by atoms with Crippen molar-refractivity contribution in [1.29, 1.82) is 0 Å². The SMILES string of the molecule is CCCC1C(=O)NC(=O)N(c2c(F)ccc(C)c2F)C1=O. The molecule has 1 fully saturated rings. The van der Waals surface area contributed by atoms with E-state index in [4.69, 9.17) is 0 Å². The average molecular weight is 296 g/mol. The molecule has 0 spiro atoms. The Labute approximate surface area is 119 Å². The van der Waals surface area contributed by atoms with Gasteiger partial charge in [0.25, 0.3) is 0 Å². The minimum Gasteiger partial charge on any atom is -0.277 e. The van der Waals surface area contributed by atoms with E-state index in [1.807, 2.05) is 5.32 Å². The topological polar surface area (TPSA) is 66.5 Å². The summed E-state index contributed by atoms with van der Waals surface area (Å²) in [6.07, 6.45) is 0.716. The molecular formula is C14H14F2N2O3. The molecule has 0 aromatic heterocycles. The molecule has 1 aromatic carbocycles. The van der Waals surface area contributed by atoms with Gasteiger partial charge in [-0.15, -0.1) is 0 Å². The number of nitrogens with one attached hydrogen (secondary N) is 1. The van der Waals surface area contributed by atoms with Crippen molar-refractivity contribution in [1.82, 2.24) is 5.32 Å². The highest BCUT2D eigenvalue weighted by Crippen LogP contribution is 2.29. The molecule has 112 valence electrons. The van der Waals surface area contributed by atoms with Gasteiger partial charge in [-0.25, -0.2) is 18.5 Å². The van der Waals surface area contributed by atoms with E-state index in [2.05, 4.69) is 0 Å². The zero-order chi connectivity index (χ0) is 15.7. The number of hydrogen-bond donors (Lipinski definition) is 1. The van der Waals surface area contributed by atoms with Crippen LogP contribution in [0.3, 0.4) is 0 Å². The van der Waals surface area contributed by atoms with Crippen molar-refractivity contribution in [2.75, 3.05) is 4.90 Å². The molecule has 1 heterocycles. The Morgan fingerprint density at radius 2 is 1.90 bits per heavy atom. The van der Waals surface area contributed by atoms with Gasteiger partial charge in [0.15, 0.2) is 11.6 Å². The number of hydrogen-bond acceptors (Lipinski definition) is 3. The maximum atomic E-state index is 14.1. The van der Waals surface area contributed by atoms with Gasteiger partial charge in [-0.2, -0.15) is 0 Å². The highest BCUT2D eigenvalue weighted by Gasteiger charge is 2.42. The summed E-state index contributed by atoms with van der Waals surface area (Å²) in [4.78, 5) is 36.1. The van der Waals surface area contributed by atoms with E-state index in [1.54, 1.807) is 6.92 Å². The molecule has 1 atom stereocenters. The van der Waals surface area contributed by atoms with E-state index in [0.29, 0.717) is 11.3 Å². The second kappa shape index (κ2) is 5.59. The summed E-state index contributed by atoms with van der Waals surface area (Å²) < 4.78 is 28.0. The lowest BCUT2D eigenvalue weighted by molar-refractivity contribution is -0.134. The minimum atomic E-state index is -1.14. The van der Waals surface area contributed by atoms with E-state index in [0.717, 1.165) is 6.07 Å². The smallest absolute Gasteiger partial charge is 0.277 e. The Morgan fingerprint density at radius 1 is 1.24 bits per heavy atom. The molecule has 5 nitrogen and oxygen atoms in total. The van der Waals surface area contributed by atoms with Crippen LogP contribution in [-0.2, 0) is 9.59 Å². The fraction of sp³-hybridized carbons (Fsp3) is 0.357. The molecule has 0 aliphatic carbocycles. The summed E-state index contributed by atoms with van der Waals surface area (Å²) in [5, 5.41) is 1.96. The number of carbonyl (C=O) groups is 3. The number of halogens is 2. The number of urea groups is 1. The lowest BCUT2D eigenvalue weighted by Crippen LogP contribution is -2.58. The first-order chi connectivity index (χ1) is 9.88. The van der Waals surface area contributed by atoms with Crippen molar-refractivity contribution in [3.8, 4) is 0 Å². The highest BCUT2D eigenvalue weighted by molar-refractivity contribution is 6.27. The van der Waals surface area contributed by atoms with Gasteiger partial charge in [-0.3, -0.25) is 14.9 Å². The third-order valence-corrected chi connectivity index (χ3v) is 3.33. The third kappa shape index (κ3) is 2.51. The van der Waals surface area contributed by atoms with Crippen LogP contribution in [0.4, 0.5) is 19.3 Å². The fourth-order valence-electron chi connectivity index (χ4n) is 2.22. The van der Waals surface area contributed by atoms with Crippen LogP contribution in [0.2, 0.25) is 0 Å². The molecule has 0 radical (unpaired) electrons. The molecule has 1 saturated heterocycles. The molecule has 1 unspecified atom stereocenters. The molecule has 21 heavy (non-hydrogen) atoms. The predicted octanol–water partition coefficient (Wildman–Crippen LogP) is 2.27. The molecule has 1 N–H and O–H groups in total. The number of carbonyl (C=O) groups excluding carboxylic acids is 3. The number of nitrogens with zero attached hydrogens (tertiary/aromatic N) is 1. The predicted molar refractivity (Wildman–Crippen MR) is 70.5 cm³/mol. The summed E-state index contributed by atoms with van der Waals surface area (Å²) >= 11 is 0. The van der Waals surface area contributed by atoms with Crippen LogP contribution in [0.5, 0.6) is 0 Å². The van der Waals surface area contributed by atoms with Crippen molar-refractivity contribution in [3.05, 3.63) is 29.3 Å². The van der Waals surface area contributed by atoms with E-state index < -0.39 is 41.1 Å². The number of anilines is 1. The minimum absolute atomic E-state index is 0.0935. The zero-order valence-corrected chi connectivity index (χ0v) is 11.6. The van der Waals surface area contributed by atoms with E-state index in [-0.39, 0.29) is 12.0 Å². The van der Waals surface area contributed by atoms with Gasteiger partial charge in [0.05, 0.1) is 0 Å². The normalized spacial score (nSPS) is 19.0. The van der Waals surface area contributed by atoms with Gasteiger partial charge < -0.3 is 0 Å². The molecule has 0 bridgehead atoms. The molecule has 0 saturated carbocycles. The number of benzene rings is 1. The first kappa shape index (κ1) is 15.1. The number of imide groups is 2. The maximum absolute atomic E-state index is 14.1. The molecular weight excluding hydrogens is 282 g/mol. The number of amides is 4. The van der Waals surface area contributed by atoms with Gasteiger partial charge in [-0.05, 0) is 25.0 Å². The van der Waals surface area contributed by atoms with E-state index >= 15 is 0 Å². The largest absolute Gasteiger partial charge is 0.335 e. The van der Waals surface area contributed by atoms with Crippen LogP contribution in [0.15, 0.2) is 12.1 Å². The molecule has 1 aliphatic rings.